The van der Waals surface area contributed by atoms with Crippen molar-refractivity contribution in [2.24, 2.45) is 0 Å². The lowest BCUT2D eigenvalue weighted by molar-refractivity contribution is 0.120. The van der Waals surface area contributed by atoms with E-state index in [-0.39, 0.29) is 11.9 Å². The van der Waals surface area contributed by atoms with Crippen LogP contribution in [0.25, 0.3) is 11.1 Å². The van der Waals surface area contributed by atoms with E-state index in [4.69, 9.17) is 21.1 Å². The maximum atomic E-state index is 14.7. The molecule has 0 aliphatic carbocycles. The van der Waals surface area contributed by atoms with E-state index in [9.17, 15) is 4.39 Å². The first kappa shape index (κ1) is 21.5. The number of rotatable bonds is 9. The summed E-state index contributed by atoms with van der Waals surface area (Å²) >= 11 is 6.20. The summed E-state index contributed by atoms with van der Waals surface area (Å²) in [6.45, 7) is 2.55. The quantitative estimate of drug-likeness (QED) is 0.511. The molecule has 31 heavy (non-hydrogen) atoms. The molecule has 2 aromatic heterocycles. The lowest BCUT2D eigenvalue weighted by Crippen LogP contribution is -2.19. The number of nitrogens with one attached hydrogen (secondary N) is 2. The Kier molecular flexibility index (Phi) is 6.96. The summed E-state index contributed by atoms with van der Waals surface area (Å²) in [5, 5.41) is 10.9. The molecular weight excluding hydrogens is 423 g/mol. The summed E-state index contributed by atoms with van der Waals surface area (Å²) in [6.07, 6.45) is 7.16. The van der Waals surface area contributed by atoms with E-state index in [0.717, 1.165) is 19.4 Å². The molecule has 1 aliphatic heterocycles. The van der Waals surface area contributed by atoms with Crippen LogP contribution in [0.2, 0.25) is 5.02 Å². The molecule has 0 bridgehead atoms. The maximum Gasteiger partial charge on any atom is 0.229 e. The van der Waals surface area contributed by atoms with E-state index in [1.165, 1.54) is 12.3 Å². The highest BCUT2D eigenvalue weighted by atomic mass is 35.5. The van der Waals surface area contributed by atoms with Crippen molar-refractivity contribution in [2.45, 2.75) is 25.5 Å². The molecule has 8 nitrogen and oxygen atoms in total. The molecule has 0 saturated carbocycles. The number of nitrogens with zero attached hydrogens (tertiary/aromatic N) is 4. The van der Waals surface area contributed by atoms with Crippen LogP contribution in [0.4, 0.5) is 21.8 Å². The minimum absolute atomic E-state index is 0.155. The molecular formula is C21H24ClFN6O2. The minimum atomic E-state index is -0.373. The van der Waals surface area contributed by atoms with Gasteiger partial charge in [-0.3, -0.25) is 4.68 Å². The number of halogens is 2. The van der Waals surface area contributed by atoms with Crippen LogP contribution in [0.15, 0.2) is 36.8 Å². The molecule has 1 atom stereocenters. The number of aromatic nitrogens is 4. The molecule has 10 heteroatoms. The summed E-state index contributed by atoms with van der Waals surface area (Å²) < 4.78 is 27.1. The van der Waals surface area contributed by atoms with Gasteiger partial charge < -0.3 is 20.1 Å². The molecule has 3 aromatic rings. The predicted octanol–water partition coefficient (Wildman–Crippen LogP) is 4.11. The Morgan fingerprint density at radius 2 is 2.26 bits per heavy atom. The molecule has 0 unspecified atom stereocenters. The molecule has 3 heterocycles. The predicted molar refractivity (Wildman–Crippen MR) is 117 cm³/mol. The summed E-state index contributed by atoms with van der Waals surface area (Å²) in [5.41, 5.74) is 1.69. The summed E-state index contributed by atoms with van der Waals surface area (Å²) in [5.74, 6) is 0.455. The molecule has 0 radical (unpaired) electrons. The third kappa shape index (κ3) is 5.49. The number of hydrogen-bond acceptors (Lipinski definition) is 7. The van der Waals surface area contributed by atoms with E-state index < -0.39 is 0 Å². The van der Waals surface area contributed by atoms with Crippen LogP contribution in [0.1, 0.15) is 12.8 Å². The lowest BCUT2D eigenvalue weighted by Gasteiger charge is -2.13. The largest absolute Gasteiger partial charge is 0.383 e. The Bertz CT molecular complexity index is 1020. The van der Waals surface area contributed by atoms with Crippen molar-refractivity contribution < 1.29 is 13.9 Å². The first-order valence-corrected chi connectivity index (χ1v) is 10.5. The van der Waals surface area contributed by atoms with Crippen molar-refractivity contribution in [3.63, 3.8) is 0 Å². The lowest BCUT2D eigenvalue weighted by atomic mass is 10.1. The fourth-order valence-corrected chi connectivity index (χ4v) is 3.49. The van der Waals surface area contributed by atoms with Gasteiger partial charge in [-0.1, -0.05) is 11.6 Å². The van der Waals surface area contributed by atoms with Crippen molar-refractivity contribution in [1.82, 2.24) is 19.7 Å². The number of benzene rings is 1. The van der Waals surface area contributed by atoms with Gasteiger partial charge in [0.2, 0.25) is 5.95 Å². The van der Waals surface area contributed by atoms with Crippen LogP contribution < -0.4 is 10.6 Å². The minimum Gasteiger partial charge on any atom is -0.383 e. The second kappa shape index (κ2) is 10.0. The van der Waals surface area contributed by atoms with Gasteiger partial charge in [-0.15, -0.1) is 0 Å². The van der Waals surface area contributed by atoms with Crippen LogP contribution in [-0.4, -0.2) is 52.7 Å². The fraction of sp³-hybridized carbons (Fsp3) is 0.381. The topological polar surface area (TPSA) is 86.1 Å². The molecule has 1 aliphatic rings. The number of anilines is 3. The zero-order chi connectivity index (χ0) is 21.6. The molecule has 164 valence electrons. The van der Waals surface area contributed by atoms with Gasteiger partial charge in [0.1, 0.15) is 10.8 Å². The van der Waals surface area contributed by atoms with Gasteiger partial charge in [0.05, 0.1) is 31.6 Å². The second-order valence-corrected chi connectivity index (χ2v) is 7.62. The molecule has 2 N–H and O–H groups in total. The normalized spacial score (nSPS) is 15.9. The van der Waals surface area contributed by atoms with Crippen molar-refractivity contribution in [2.75, 3.05) is 37.5 Å². The molecule has 1 saturated heterocycles. The third-order valence-corrected chi connectivity index (χ3v) is 5.24. The van der Waals surface area contributed by atoms with E-state index in [1.54, 1.807) is 36.3 Å². The van der Waals surface area contributed by atoms with Gasteiger partial charge in [0.15, 0.2) is 5.82 Å². The van der Waals surface area contributed by atoms with Crippen LogP contribution >= 0.6 is 11.6 Å². The smallest absolute Gasteiger partial charge is 0.229 e. The Morgan fingerprint density at radius 1 is 1.35 bits per heavy atom. The standard InChI is InChI=1S/C21H24ClFN6O2/c1-30-8-6-29-13-14(10-26-29)17-5-4-15(9-19(17)23)27-21-25-12-18(22)20(28-21)24-11-16-3-2-7-31-16/h4-5,9-10,12-13,16H,2-3,6-8,11H2,1H3,(H2,24,25,27,28)/t16-/m1/s1. The van der Waals surface area contributed by atoms with E-state index in [2.05, 4.69) is 25.7 Å². The summed E-state index contributed by atoms with van der Waals surface area (Å²) in [4.78, 5) is 8.59. The van der Waals surface area contributed by atoms with Gasteiger partial charge in [-0.2, -0.15) is 10.1 Å². The van der Waals surface area contributed by atoms with Gasteiger partial charge >= 0.3 is 0 Å². The Labute approximate surface area is 184 Å². The second-order valence-electron chi connectivity index (χ2n) is 7.21. The SMILES string of the molecule is COCCn1cc(-c2ccc(Nc3ncc(Cl)c(NC[C@H]4CCCO4)n3)cc2F)cn1. The highest BCUT2D eigenvalue weighted by Gasteiger charge is 2.16. The zero-order valence-electron chi connectivity index (χ0n) is 17.1. The number of ether oxygens (including phenoxy) is 2. The molecule has 0 amide bonds. The van der Waals surface area contributed by atoms with Crippen LogP contribution in [0.5, 0.6) is 0 Å². The number of hydrogen-bond donors (Lipinski definition) is 2. The Morgan fingerprint density at radius 3 is 3.03 bits per heavy atom. The highest BCUT2D eigenvalue weighted by molar-refractivity contribution is 6.32. The van der Waals surface area contributed by atoms with Crippen molar-refractivity contribution in [3.05, 3.63) is 47.6 Å². The molecule has 0 spiro atoms. The highest BCUT2D eigenvalue weighted by Crippen LogP contribution is 2.27. The van der Waals surface area contributed by atoms with Gasteiger partial charge in [-0.25, -0.2) is 9.37 Å². The van der Waals surface area contributed by atoms with Gasteiger partial charge in [-0.05, 0) is 31.0 Å². The van der Waals surface area contributed by atoms with Crippen LogP contribution in [0, 0.1) is 5.82 Å². The third-order valence-electron chi connectivity index (χ3n) is 4.96. The molecule has 4 rings (SSSR count). The van der Waals surface area contributed by atoms with Crippen LogP contribution in [-0.2, 0) is 16.0 Å². The maximum absolute atomic E-state index is 14.7. The fourth-order valence-electron chi connectivity index (χ4n) is 3.33. The van der Waals surface area contributed by atoms with E-state index in [0.29, 0.717) is 53.3 Å². The number of methoxy groups -OCH3 is 1. The van der Waals surface area contributed by atoms with Crippen molar-refractivity contribution in [3.8, 4) is 11.1 Å². The average Bonchev–Trinajstić information content (AvgIpc) is 3.45. The monoisotopic (exact) mass is 446 g/mol. The first-order chi connectivity index (χ1) is 15.1. The Hall–Kier alpha value is -2.75. The molecule has 1 aromatic carbocycles. The Balaban J connectivity index is 1.44. The van der Waals surface area contributed by atoms with Crippen molar-refractivity contribution >= 4 is 29.1 Å². The van der Waals surface area contributed by atoms with Gasteiger partial charge in [0.25, 0.3) is 0 Å². The van der Waals surface area contributed by atoms with Gasteiger partial charge in [0, 0.05) is 43.3 Å². The summed E-state index contributed by atoms with van der Waals surface area (Å²) in [6, 6.07) is 4.86. The first-order valence-electron chi connectivity index (χ1n) is 10.1. The van der Waals surface area contributed by atoms with Crippen LogP contribution in [0.3, 0.4) is 0 Å². The van der Waals surface area contributed by atoms with Crippen molar-refractivity contribution in [1.29, 1.82) is 0 Å². The van der Waals surface area contributed by atoms with E-state index in [1.807, 2.05) is 0 Å². The summed E-state index contributed by atoms with van der Waals surface area (Å²) in [7, 11) is 1.63. The van der Waals surface area contributed by atoms with E-state index >= 15 is 0 Å². The average molecular weight is 447 g/mol. The molecule has 1 fully saturated rings. The zero-order valence-corrected chi connectivity index (χ0v) is 17.9.